The van der Waals surface area contributed by atoms with Gasteiger partial charge < -0.3 is 10.6 Å². The minimum absolute atomic E-state index is 0. The second kappa shape index (κ2) is 8.46. The third kappa shape index (κ3) is 4.08. The van der Waals surface area contributed by atoms with Gasteiger partial charge in [0.05, 0.1) is 16.6 Å². The number of nitrogens with one attached hydrogen (secondary N) is 2. The van der Waals surface area contributed by atoms with E-state index in [1.165, 1.54) is 17.0 Å². The van der Waals surface area contributed by atoms with Crippen LogP contribution in [0.2, 0.25) is 0 Å². The van der Waals surface area contributed by atoms with Crippen LogP contribution in [0.4, 0.5) is 4.39 Å². The second-order valence-corrected chi connectivity index (χ2v) is 7.85. The Hall–Kier alpha value is -1.50. The molecule has 1 unspecified atom stereocenters. The molecule has 140 valence electrons. The summed E-state index contributed by atoms with van der Waals surface area (Å²) in [6.07, 6.45) is 4.78. The third-order valence-corrected chi connectivity index (χ3v) is 6.33. The molecule has 2 aromatic rings. The van der Waals surface area contributed by atoms with Crippen LogP contribution in [0.15, 0.2) is 24.3 Å². The number of aryl methyl sites for hydroxylation is 1. The smallest absolute Gasteiger partial charge is 0.223 e. The van der Waals surface area contributed by atoms with Gasteiger partial charge in [-0.25, -0.2) is 9.37 Å². The number of hydrogen-bond donors (Lipinski definition) is 2. The summed E-state index contributed by atoms with van der Waals surface area (Å²) < 4.78 is 13.1. The maximum atomic E-state index is 13.1. The lowest BCUT2D eigenvalue weighted by Crippen LogP contribution is -2.40. The van der Waals surface area contributed by atoms with Crippen LogP contribution in [0, 0.1) is 11.7 Å². The number of carbonyl (C=O) groups is 1. The van der Waals surface area contributed by atoms with Crippen molar-refractivity contribution < 1.29 is 9.18 Å². The molecule has 1 atom stereocenters. The zero-order valence-electron chi connectivity index (χ0n) is 14.5. The van der Waals surface area contributed by atoms with E-state index >= 15 is 0 Å². The van der Waals surface area contributed by atoms with E-state index in [1.807, 2.05) is 0 Å². The number of benzene rings is 1. The van der Waals surface area contributed by atoms with Gasteiger partial charge in [0.1, 0.15) is 10.8 Å². The monoisotopic (exact) mass is 395 g/mol. The van der Waals surface area contributed by atoms with Crippen LogP contribution in [0.25, 0.3) is 10.6 Å². The zero-order valence-corrected chi connectivity index (χ0v) is 16.1. The molecule has 1 amide bonds. The quantitative estimate of drug-likeness (QED) is 0.829. The Morgan fingerprint density at radius 2 is 1.92 bits per heavy atom. The molecule has 1 aliphatic carbocycles. The Kier molecular flexibility index (Phi) is 6.27. The fourth-order valence-electron chi connectivity index (χ4n) is 3.65. The van der Waals surface area contributed by atoms with Crippen LogP contribution in [0.3, 0.4) is 0 Å². The van der Waals surface area contributed by atoms with Crippen molar-refractivity contribution in [2.24, 2.45) is 5.92 Å². The van der Waals surface area contributed by atoms with Crippen molar-refractivity contribution in [3.63, 3.8) is 0 Å². The molecule has 1 saturated heterocycles. The minimum atomic E-state index is -0.239. The summed E-state index contributed by atoms with van der Waals surface area (Å²) in [5, 5.41) is 7.47. The van der Waals surface area contributed by atoms with Crippen LogP contribution in [0.1, 0.15) is 42.3 Å². The van der Waals surface area contributed by atoms with Crippen molar-refractivity contribution >= 4 is 29.7 Å². The van der Waals surface area contributed by atoms with Gasteiger partial charge >= 0.3 is 0 Å². The van der Waals surface area contributed by atoms with Crippen LogP contribution in [-0.4, -0.2) is 24.0 Å². The standard InChI is InChI=1S/C19H22FN3OS.ClH/c20-14-6-4-13(5-7-14)19-23-16-3-1-2-15(17(16)25-19)22-18(24)12-8-10-21-11-9-12;/h4-7,12,15,21H,1-3,8-11H2,(H,22,24);1H. The molecule has 1 aliphatic heterocycles. The third-order valence-electron chi connectivity index (χ3n) is 5.07. The van der Waals surface area contributed by atoms with Gasteiger partial charge in [0.15, 0.2) is 0 Å². The van der Waals surface area contributed by atoms with E-state index in [-0.39, 0.29) is 36.1 Å². The molecule has 2 heterocycles. The first-order chi connectivity index (χ1) is 12.2. The van der Waals surface area contributed by atoms with E-state index in [0.29, 0.717) is 0 Å². The number of piperidine rings is 1. The summed E-state index contributed by atoms with van der Waals surface area (Å²) >= 11 is 1.63. The maximum absolute atomic E-state index is 13.1. The highest BCUT2D eigenvalue weighted by Gasteiger charge is 2.29. The van der Waals surface area contributed by atoms with Gasteiger partial charge in [-0.3, -0.25) is 4.79 Å². The fourth-order valence-corrected chi connectivity index (χ4v) is 4.85. The van der Waals surface area contributed by atoms with E-state index in [4.69, 9.17) is 4.98 Å². The Bertz CT molecular complexity index is 759. The molecule has 0 saturated carbocycles. The lowest BCUT2D eigenvalue weighted by atomic mass is 9.94. The van der Waals surface area contributed by atoms with Crippen molar-refractivity contribution in [1.82, 2.24) is 15.6 Å². The minimum Gasteiger partial charge on any atom is -0.348 e. The van der Waals surface area contributed by atoms with Crippen molar-refractivity contribution in [2.75, 3.05) is 13.1 Å². The molecular weight excluding hydrogens is 373 g/mol. The maximum Gasteiger partial charge on any atom is 0.223 e. The van der Waals surface area contributed by atoms with Gasteiger partial charge in [-0.15, -0.1) is 23.7 Å². The number of rotatable bonds is 3. The lowest BCUT2D eigenvalue weighted by Gasteiger charge is -2.27. The molecule has 4 rings (SSSR count). The number of carbonyl (C=O) groups excluding carboxylic acids is 1. The summed E-state index contributed by atoms with van der Waals surface area (Å²) in [6, 6.07) is 6.53. The molecule has 4 nitrogen and oxygen atoms in total. The lowest BCUT2D eigenvalue weighted by molar-refractivity contribution is -0.126. The molecule has 1 aromatic carbocycles. The first-order valence-electron chi connectivity index (χ1n) is 8.97. The average molecular weight is 396 g/mol. The van der Waals surface area contributed by atoms with Gasteiger partial charge in [-0.1, -0.05) is 0 Å². The van der Waals surface area contributed by atoms with Crippen LogP contribution >= 0.6 is 23.7 Å². The molecule has 0 radical (unpaired) electrons. The first-order valence-corrected chi connectivity index (χ1v) is 9.79. The summed E-state index contributed by atoms with van der Waals surface area (Å²) in [7, 11) is 0. The van der Waals surface area contributed by atoms with Crippen molar-refractivity contribution in [2.45, 2.75) is 38.1 Å². The molecule has 7 heteroatoms. The van der Waals surface area contributed by atoms with Crippen LogP contribution in [-0.2, 0) is 11.2 Å². The van der Waals surface area contributed by atoms with Gasteiger partial charge in [-0.05, 0) is 69.5 Å². The summed E-state index contributed by atoms with van der Waals surface area (Å²) in [4.78, 5) is 18.5. The summed E-state index contributed by atoms with van der Waals surface area (Å²) in [5.41, 5.74) is 2.02. The molecule has 0 spiro atoms. The number of nitrogens with zero attached hydrogens (tertiary/aromatic N) is 1. The Morgan fingerprint density at radius 1 is 1.19 bits per heavy atom. The Morgan fingerprint density at radius 3 is 2.65 bits per heavy atom. The highest BCUT2D eigenvalue weighted by molar-refractivity contribution is 7.15. The van der Waals surface area contributed by atoms with E-state index in [1.54, 1.807) is 23.5 Å². The predicted molar refractivity (Wildman–Crippen MR) is 104 cm³/mol. The Labute approximate surface area is 163 Å². The van der Waals surface area contributed by atoms with Gasteiger partial charge in [0.25, 0.3) is 0 Å². The van der Waals surface area contributed by atoms with E-state index in [0.717, 1.165) is 61.5 Å². The average Bonchev–Trinajstić information content (AvgIpc) is 3.08. The van der Waals surface area contributed by atoms with Crippen molar-refractivity contribution in [3.05, 3.63) is 40.7 Å². The first kappa shape index (κ1) is 19.3. The number of amides is 1. The number of aromatic nitrogens is 1. The highest BCUT2D eigenvalue weighted by atomic mass is 35.5. The summed E-state index contributed by atoms with van der Waals surface area (Å²) in [5.74, 6) is 0.0596. The van der Waals surface area contributed by atoms with Crippen molar-refractivity contribution in [3.8, 4) is 10.6 Å². The van der Waals surface area contributed by atoms with Gasteiger partial charge in [0, 0.05) is 11.5 Å². The molecule has 2 N–H and O–H groups in total. The number of hydrogen-bond acceptors (Lipinski definition) is 4. The fraction of sp³-hybridized carbons (Fsp3) is 0.474. The normalized spacial score (nSPS) is 20.1. The molecule has 26 heavy (non-hydrogen) atoms. The van der Waals surface area contributed by atoms with Crippen LogP contribution < -0.4 is 10.6 Å². The zero-order chi connectivity index (χ0) is 17.2. The largest absolute Gasteiger partial charge is 0.348 e. The highest BCUT2D eigenvalue weighted by Crippen LogP contribution is 2.38. The Balaban J connectivity index is 0.00000196. The number of thiazole rings is 1. The van der Waals surface area contributed by atoms with Gasteiger partial charge in [0.2, 0.25) is 5.91 Å². The van der Waals surface area contributed by atoms with Gasteiger partial charge in [-0.2, -0.15) is 0 Å². The number of halogens is 2. The molecule has 1 fully saturated rings. The molecule has 1 aromatic heterocycles. The van der Waals surface area contributed by atoms with E-state index < -0.39 is 0 Å². The predicted octanol–water partition coefficient (Wildman–Crippen LogP) is 3.86. The molecule has 0 bridgehead atoms. The van der Waals surface area contributed by atoms with E-state index in [9.17, 15) is 9.18 Å². The van der Waals surface area contributed by atoms with E-state index in [2.05, 4.69) is 10.6 Å². The number of fused-ring (bicyclic) bond motifs is 1. The molecule has 2 aliphatic rings. The van der Waals surface area contributed by atoms with Crippen LogP contribution in [0.5, 0.6) is 0 Å². The molecular formula is C19H23ClFN3OS. The SMILES string of the molecule is Cl.O=C(NC1CCCc2nc(-c3ccc(F)cc3)sc21)C1CCNCC1. The van der Waals surface area contributed by atoms with Crippen molar-refractivity contribution in [1.29, 1.82) is 0 Å². The summed E-state index contributed by atoms with van der Waals surface area (Å²) in [6.45, 7) is 1.84. The second-order valence-electron chi connectivity index (χ2n) is 6.81. The topological polar surface area (TPSA) is 54.0 Å².